The van der Waals surface area contributed by atoms with Crippen LogP contribution >= 0.6 is 0 Å². The van der Waals surface area contributed by atoms with Crippen LogP contribution in [0.1, 0.15) is 38.2 Å². The molecule has 1 N–H and O–H groups in total. The van der Waals surface area contributed by atoms with E-state index in [1.807, 2.05) is 0 Å². The average Bonchev–Trinajstić information content (AvgIpc) is 2.97. The van der Waals surface area contributed by atoms with E-state index in [0.717, 1.165) is 31.2 Å². The number of likely N-dealkylation sites (tertiary alicyclic amines) is 1. The van der Waals surface area contributed by atoms with Crippen LogP contribution in [-0.2, 0) is 13.1 Å². The molecule has 114 valence electrons. The molecule has 0 amide bonds. The summed E-state index contributed by atoms with van der Waals surface area (Å²) in [6.07, 6.45) is 2.61. The highest BCUT2D eigenvalue weighted by Gasteiger charge is 2.25. The van der Waals surface area contributed by atoms with Crippen LogP contribution in [0.4, 0.5) is 0 Å². The second kappa shape index (κ2) is 7.25. The molecule has 0 radical (unpaired) electrons. The SMILES string of the molecule is CC(C)NCc1ccc(CN2CCCC2CN(C)C)o1. The third-order valence-corrected chi connectivity index (χ3v) is 3.84. The molecule has 0 aliphatic carbocycles. The fourth-order valence-corrected chi connectivity index (χ4v) is 2.84. The Hall–Kier alpha value is -0.840. The first-order chi connectivity index (χ1) is 9.54. The van der Waals surface area contributed by atoms with Crippen LogP contribution < -0.4 is 5.32 Å². The summed E-state index contributed by atoms with van der Waals surface area (Å²) >= 11 is 0. The molecule has 0 saturated carbocycles. The van der Waals surface area contributed by atoms with Crippen LogP contribution in [0.5, 0.6) is 0 Å². The van der Waals surface area contributed by atoms with Crippen molar-refractivity contribution in [2.75, 3.05) is 27.2 Å². The number of nitrogens with one attached hydrogen (secondary N) is 1. The van der Waals surface area contributed by atoms with Gasteiger partial charge in [0.2, 0.25) is 0 Å². The van der Waals surface area contributed by atoms with Crippen molar-refractivity contribution in [3.63, 3.8) is 0 Å². The van der Waals surface area contributed by atoms with Gasteiger partial charge in [-0.15, -0.1) is 0 Å². The van der Waals surface area contributed by atoms with E-state index in [9.17, 15) is 0 Å². The Labute approximate surface area is 123 Å². The second-order valence-corrected chi connectivity index (χ2v) is 6.43. The van der Waals surface area contributed by atoms with Crippen LogP contribution in [0.15, 0.2) is 16.5 Å². The minimum Gasteiger partial charge on any atom is -0.463 e. The molecular weight excluding hydrogens is 250 g/mol. The zero-order valence-corrected chi connectivity index (χ0v) is 13.4. The minimum atomic E-state index is 0.492. The fourth-order valence-electron chi connectivity index (χ4n) is 2.84. The summed E-state index contributed by atoms with van der Waals surface area (Å²) in [7, 11) is 4.30. The highest BCUT2D eigenvalue weighted by atomic mass is 16.3. The normalized spacial score (nSPS) is 20.4. The molecule has 0 aromatic carbocycles. The van der Waals surface area contributed by atoms with Crippen molar-refractivity contribution in [3.05, 3.63) is 23.7 Å². The standard InChI is InChI=1S/C16H29N3O/c1-13(2)17-10-15-7-8-16(20-15)12-19-9-5-6-14(19)11-18(3)4/h7-8,13-14,17H,5-6,9-12H2,1-4H3. The van der Waals surface area contributed by atoms with Gasteiger partial charge in [-0.1, -0.05) is 13.8 Å². The molecule has 1 unspecified atom stereocenters. The van der Waals surface area contributed by atoms with Crippen LogP contribution in [0.2, 0.25) is 0 Å². The maximum Gasteiger partial charge on any atom is 0.118 e. The monoisotopic (exact) mass is 279 g/mol. The average molecular weight is 279 g/mol. The van der Waals surface area contributed by atoms with Gasteiger partial charge in [-0.25, -0.2) is 0 Å². The molecule has 1 aromatic heterocycles. The lowest BCUT2D eigenvalue weighted by Gasteiger charge is -2.26. The van der Waals surface area contributed by atoms with Crippen molar-refractivity contribution in [1.82, 2.24) is 15.1 Å². The van der Waals surface area contributed by atoms with Gasteiger partial charge in [-0.2, -0.15) is 0 Å². The van der Waals surface area contributed by atoms with E-state index in [-0.39, 0.29) is 0 Å². The Balaban J connectivity index is 1.86. The zero-order chi connectivity index (χ0) is 14.5. The van der Waals surface area contributed by atoms with Crippen molar-refractivity contribution in [2.45, 2.75) is 51.9 Å². The lowest BCUT2D eigenvalue weighted by atomic mass is 10.2. The van der Waals surface area contributed by atoms with E-state index in [4.69, 9.17) is 4.42 Å². The Kier molecular flexibility index (Phi) is 5.64. The maximum absolute atomic E-state index is 5.93. The van der Waals surface area contributed by atoms with Gasteiger partial charge in [0, 0.05) is 18.6 Å². The predicted molar refractivity (Wildman–Crippen MR) is 82.7 cm³/mol. The first kappa shape index (κ1) is 15.5. The highest BCUT2D eigenvalue weighted by Crippen LogP contribution is 2.21. The van der Waals surface area contributed by atoms with Gasteiger partial charge in [0.1, 0.15) is 11.5 Å². The molecule has 0 spiro atoms. The molecule has 1 saturated heterocycles. The first-order valence-electron chi connectivity index (χ1n) is 7.74. The predicted octanol–water partition coefficient (Wildman–Crippen LogP) is 2.30. The van der Waals surface area contributed by atoms with E-state index >= 15 is 0 Å². The summed E-state index contributed by atoms with van der Waals surface area (Å²) < 4.78 is 5.93. The van der Waals surface area contributed by atoms with Gasteiger partial charge in [-0.3, -0.25) is 4.90 Å². The first-order valence-corrected chi connectivity index (χ1v) is 7.74. The van der Waals surface area contributed by atoms with Gasteiger partial charge in [0.05, 0.1) is 13.1 Å². The van der Waals surface area contributed by atoms with Crippen LogP contribution in [0.25, 0.3) is 0 Å². The number of furan rings is 1. The van der Waals surface area contributed by atoms with Crippen molar-refractivity contribution >= 4 is 0 Å². The molecule has 4 nitrogen and oxygen atoms in total. The smallest absolute Gasteiger partial charge is 0.118 e. The topological polar surface area (TPSA) is 31.6 Å². The summed E-state index contributed by atoms with van der Waals surface area (Å²) in [6, 6.07) is 5.39. The Bertz CT molecular complexity index is 400. The van der Waals surface area contributed by atoms with E-state index in [2.05, 4.69) is 55.2 Å². The van der Waals surface area contributed by atoms with E-state index in [0.29, 0.717) is 12.1 Å². The molecule has 2 rings (SSSR count). The maximum atomic E-state index is 5.93. The fraction of sp³-hybridized carbons (Fsp3) is 0.750. The number of hydrogen-bond donors (Lipinski definition) is 1. The van der Waals surface area contributed by atoms with Crippen molar-refractivity contribution in [3.8, 4) is 0 Å². The third kappa shape index (κ3) is 4.62. The summed E-state index contributed by atoms with van der Waals surface area (Å²) in [6.45, 7) is 8.40. The highest BCUT2D eigenvalue weighted by molar-refractivity contribution is 5.07. The quantitative estimate of drug-likeness (QED) is 0.830. The molecular formula is C16H29N3O. The van der Waals surface area contributed by atoms with Gasteiger partial charge in [-0.05, 0) is 45.6 Å². The van der Waals surface area contributed by atoms with Gasteiger partial charge >= 0.3 is 0 Å². The number of nitrogens with zero attached hydrogens (tertiary/aromatic N) is 2. The Morgan fingerprint density at radius 2 is 2.10 bits per heavy atom. The molecule has 1 aliphatic heterocycles. The molecule has 1 aromatic rings. The number of hydrogen-bond acceptors (Lipinski definition) is 4. The molecule has 0 bridgehead atoms. The Morgan fingerprint density at radius 3 is 2.80 bits per heavy atom. The zero-order valence-electron chi connectivity index (χ0n) is 13.4. The van der Waals surface area contributed by atoms with Crippen LogP contribution in [-0.4, -0.2) is 49.1 Å². The molecule has 4 heteroatoms. The third-order valence-electron chi connectivity index (χ3n) is 3.84. The van der Waals surface area contributed by atoms with Crippen molar-refractivity contribution in [1.29, 1.82) is 0 Å². The van der Waals surface area contributed by atoms with Crippen LogP contribution in [0.3, 0.4) is 0 Å². The summed E-state index contributed by atoms with van der Waals surface area (Å²) in [5.41, 5.74) is 0. The molecule has 1 fully saturated rings. The molecule has 2 heterocycles. The lowest BCUT2D eigenvalue weighted by molar-refractivity contribution is 0.187. The molecule has 1 aliphatic rings. The van der Waals surface area contributed by atoms with E-state index < -0.39 is 0 Å². The van der Waals surface area contributed by atoms with Crippen molar-refractivity contribution < 1.29 is 4.42 Å². The van der Waals surface area contributed by atoms with Gasteiger partial charge in [0.25, 0.3) is 0 Å². The summed E-state index contributed by atoms with van der Waals surface area (Å²) in [5, 5.41) is 3.39. The summed E-state index contributed by atoms with van der Waals surface area (Å²) in [4.78, 5) is 4.83. The van der Waals surface area contributed by atoms with Crippen LogP contribution in [0, 0.1) is 0 Å². The number of rotatable bonds is 7. The van der Waals surface area contributed by atoms with Crippen molar-refractivity contribution in [2.24, 2.45) is 0 Å². The number of likely N-dealkylation sites (N-methyl/N-ethyl adjacent to an activating group) is 1. The summed E-state index contributed by atoms with van der Waals surface area (Å²) in [5.74, 6) is 2.13. The Morgan fingerprint density at radius 1 is 1.35 bits per heavy atom. The molecule has 1 atom stereocenters. The van der Waals surface area contributed by atoms with E-state index in [1.165, 1.54) is 19.4 Å². The van der Waals surface area contributed by atoms with E-state index in [1.54, 1.807) is 0 Å². The lowest BCUT2D eigenvalue weighted by Crippen LogP contribution is -2.36. The van der Waals surface area contributed by atoms with Gasteiger partial charge in [0.15, 0.2) is 0 Å². The molecule has 20 heavy (non-hydrogen) atoms. The van der Waals surface area contributed by atoms with Gasteiger partial charge < -0.3 is 14.6 Å². The minimum absolute atomic E-state index is 0.492. The second-order valence-electron chi connectivity index (χ2n) is 6.43. The largest absolute Gasteiger partial charge is 0.463 e.